The molecule has 0 unspecified atom stereocenters. The van der Waals surface area contributed by atoms with Crippen molar-refractivity contribution in [2.75, 3.05) is 44.7 Å². The molecule has 1 atom stereocenters. The Morgan fingerprint density at radius 2 is 1.79 bits per heavy atom. The third-order valence-corrected chi connectivity index (χ3v) is 5.48. The van der Waals surface area contributed by atoms with Gasteiger partial charge in [0.25, 0.3) is 5.91 Å². The molecule has 6 heteroatoms. The fourth-order valence-corrected chi connectivity index (χ4v) is 3.60. The van der Waals surface area contributed by atoms with Crippen LogP contribution in [0.4, 0.5) is 10.1 Å². The van der Waals surface area contributed by atoms with Gasteiger partial charge in [0.15, 0.2) is 6.04 Å². The van der Waals surface area contributed by atoms with E-state index in [1.165, 1.54) is 22.7 Å². The third-order valence-electron chi connectivity index (χ3n) is 5.48. The second kappa shape index (κ2) is 9.55. The second-order valence-electron chi connectivity index (χ2n) is 7.23. The first-order chi connectivity index (χ1) is 13.6. The highest BCUT2D eigenvalue weighted by Gasteiger charge is 2.29. The van der Waals surface area contributed by atoms with E-state index in [0.717, 1.165) is 37.5 Å². The molecule has 2 N–H and O–H groups in total. The van der Waals surface area contributed by atoms with E-state index in [-0.39, 0.29) is 17.8 Å². The minimum absolute atomic E-state index is 0.0776. The zero-order chi connectivity index (χ0) is 19.9. The Hall–Kier alpha value is -2.60. The number of nitrogens with one attached hydrogen (secondary N) is 2. The number of halogens is 1. The first kappa shape index (κ1) is 20.1. The van der Waals surface area contributed by atoms with Gasteiger partial charge in [-0.05, 0) is 55.3 Å². The number of anilines is 1. The molecule has 150 valence electrons. The Morgan fingerprint density at radius 1 is 1.14 bits per heavy atom. The van der Waals surface area contributed by atoms with Crippen LogP contribution in [0.2, 0.25) is 0 Å². The van der Waals surface area contributed by atoms with Gasteiger partial charge in [0, 0.05) is 12.2 Å². The summed E-state index contributed by atoms with van der Waals surface area (Å²) in [6.45, 7) is 6.27. The number of ether oxygens (including phenoxy) is 1. The van der Waals surface area contributed by atoms with Gasteiger partial charge in [-0.25, -0.2) is 4.39 Å². The zero-order valence-corrected chi connectivity index (χ0v) is 16.6. The SMILES string of the molecule is COc1ccc(N2CC[NH+]([C@@H](C)C(=O)NCCc3ccc(F)cc3)CC2)cc1. The van der Waals surface area contributed by atoms with E-state index in [9.17, 15) is 9.18 Å². The maximum atomic E-state index is 12.9. The van der Waals surface area contributed by atoms with Crippen molar-refractivity contribution < 1.29 is 18.8 Å². The fourth-order valence-electron chi connectivity index (χ4n) is 3.60. The molecule has 0 aliphatic carbocycles. The standard InChI is InChI=1S/C22H28FN3O2/c1-17(22(27)24-12-11-18-3-5-19(23)6-4-18)25-13-15-26(16-14-25)20-7-9-21(28-2)10-8-20/h3-10,17H,11-16H2,1-2H3,(H,24,27)/p+1/t17-/m0/s1. The molecule has 2 aromatic rings. The number of nitrogens with zero attached hydrogens (tertiary/aromatic N) is 1. The van der Waals surface area contributed by atoms with Crippen molar-refractivity contribution in [2.45, 2.75) is 19.4 Å². The molecule has 2 aromatic carbocycles. The number of quaternary nitrogens is 1. The van der Waals surface area contributed by atoms with Crippen LogP contribution in [0.15, 0.2) is 48.5 Å². The van der Waals surface area contributed by atoms with Gasteiger partial charge < -0.3 is 19.9 Å². The molecule has 1 aliphatic heterocycles. The molecule has 5 nitrogen and oxygen atoms in total. The van der Waals surface area contributed by atoms with Crippen LogP contribution in [0.3, 0.4) is 0 Å². The van der Waals surface area contributed by atoms with Gasteiger partial charge in [-0.1, -0.05) is 12.1 Å². The van der Waals surface area contributed by atoms with Gasteiger partial charge in [0.2, 0.25) is 0 Å². The van der Waals surface area contributed by atoms with Gasteiger partial charge in [0.05, 0.1) is 33.3 Å². The average molecular weight is 386 g/mol. The van der Waals surface area contributed by atoms with E-state index in [0.29, 0.717) is 13.0 Å². The van der Waals surface area contributed by atoms with Crippen molar-refractivity contribution in [3.8, 4) is 5.75 Å². The predicted molar refractivity (Wildman–Crippen MR) is 108 cm³/mol. The Labute approximate surface area is 166 Å². The van der Waals surface area contributed by atoms with Gasteiger partial charge in [-0.15, -0.1) is 0 Å². The average Bonchev–Trinajstić information content (AvgIpc) is 2.74. The van der Waals surface area contributed by atoms with Crippen molar-refractivity contribution >= 4 is 11.6 Å². The lowest BCUT2D eigenvalue weighted by atomic mass is 10.1. The summed E-state index contributed by atoms with van der Waals surface area (Å²) in [5.41, 5.74) is 2.21. The third kappa shape index (κ3) is 5.23. The maximum absolute atomic E-state index is 12.9. The minimum atomic E-state index is -0.237. The maximum Gasteiger partial charge on any atom is 0.278 e. The summed E-state index contributed by atoms with van der Waals surface area (Å²) < 4.78 is 18.2. The smallest absolute Gasteiger partial charge is 0.278 e. The quantitative estimate of drug-likeness (QED) is 0.754. The lowest BCUT2D eigenvalue weighted by Gasteiger charge is -2.36. The molecule has 28 heavy (non-hydrogen) atoms. The number of carbonyl (C=O) groups excluding carboxylic acids is 1. The van der Waals surface area contributed by atoms with Gasteiger partial charge in [-0.2, -0.15) is 0 Å². The van der Waals surface area contributed by atoms with E-state index in [1.807, 2.05) is 19.1 Å². The van der Waals surface area contributed by atoms with Crippen LogP contribution in [0.1, 0.15) is 12.5 Å². The molecule has 0 bridgehead atoms. The predicted octanol–water partition coefficient (Wildman–Crippen LogP) is 1.29. The van der Waals surface area contributed by atoms with Gasteiger partial charge in [0.1, 0.15) is 11.6 Å². The number of hydrogen-bond donors (Lipinski definition) is 2. The van der Waals surface area contributed by atoms with Crippen LogP contribution in [-0.2, 0) is 11.2 Å². The molecule has 0 radical (unpaired) electrons. The van der Waals surface area contributed by atoms with Crippen molar-refractivity contribution in [3.63, 3.8) is 0 Å². The van der Waals surface area contributed by atoms with Crippen molar-refractivity contribution in [2.24, 2.45) is 0 Å². The lowest BCUT2D eigenvalue weighted by molar-refractivity contribution is -0.914. The number of benzene rings is 2. The number of rotatable bonds is 7. The van der Waals surface area contributed by atoms with E-state index in [2.05, 4.69) is 22.3 Å². The molecule has 3 rings (SSSR count). The normalized spacial score (nSPS) is 15.9. The van der Waals surface area contributed by atoms with Crippen molar-refractivity contribution in [1.29, 1.82) is 0 Å². The Bertz CT molecular complexity index is 756. The number of piperazine rings is 1. The first-order valence-electron chi connectivity index (χ1n) is 9.82. The summed E-state index contributed by atoms with van der Waals surface area (Å²) in [5.74, 6) is 0.702. The Kier molecular flexibility index (Phi) is 6.87. The van der Waals surface area contributed by atoms with Gasteiger partial charge in [-0.3, -0.25) is 4.79 Å². The molecule has 0 spiro atoms. The minimum Gasteiger partial charge on any atom is -0.497 e. The summed E-state index contributed by atoms with van der Waals surface area (Å²) in [6.07, 6.45) is 0.708. The van der Waals surface area contributed by atoms with Crippen LogP contribution in [0.5, 0.6) is 5.75 Å². The fraction of sp³-hybridized carbons (Fsp3) is 0.409. The van der Waals surface area contributed by atoms with Crippen LogP contribution in [0.25, 0.3) is 0 Å². The second-order valence-corrected chi connectivity index (χ2v) is 7.23. The highest BCUT2D eigenvalue weighted by molar-refractivity contribution is 5.79. The number of hydrogen-bond acceptors (Lipinski definition) is 3. The molecule has 1 saturated heterocycles. The molecule has 0 aromatic heterocycles. The topological polar surface area (TPSA) is 46.0 Å². The van der Waals surface area contributed by atoms with Crippen molar-refractivity contribution in [3.05, 3.63) is 59.9 Å². The largest absolute Gasteiger partial charge is 0.497 e. The molecule has 0 saturated carbocycles. The van der Waals surface area contributed by atoms with E-state index >= 15 is 0 Å². The van der Waals surface area contributed by atoms with Crippen LogP contribution < -0.4 is 19.9 Å². The highest BCUT2D eigenvalue weighted by Crippen LogP contribution is 2.19. The summed E-state index contributed by atoms with van der Waals surface area (Å²) in [7, 11) is 1.67. The zero-order valence-electron chi connectivity index (χ0n) is 16.6. The number of carbonyl (C=O) groups is 1. The number of methoxy groups -OCH3 is 1. The van der Waals surface area contributed by atoms with E-state index in [4.69, 9.17) is 4.74 Å². The number of amides is 1. The molecule has 1 fully saturated rings. The lowest BCUT2D eigenvalue weighted by Crippen LogP contribution is -3.19. The molecule has 1 amide bonds. The van der Waals surface area contributed by atoms with Gasteiger partial charge >= 0.3 is 0 Å². The molecule has 1 aliphatic rings. The van der Waals surface area contributed by atoms with Crippen LogP contribution in [-0.4, -0.2) is 51.8 Å². The molecular weight excluding hydrogens is 357 g/mol. The summed E-state index contributed by atoms with van der Waals surface area (Å²) >= 11 is 0. The Balaban J connectivity index is 1.42. The summed E-state index contributed by atoms with van der Waals surface area (Å²) in [5, 5.41) is 3.02. The van der Waals surface area contributed by atoms with Crippen molar-refractivity contribution in [1.82, 2.24) is 5.32 Å². The van der Waals surface area contributed by atoms with Crippen LogP contribution in [0, 0.1) is 5.82 Å². The highest BCUT2D eigenvalue weighted by atomic mass is 19.1. The first-order valence-corrected chi connectivity index (χ1v) is 9.82. The molecule has 1 heterocycles. The van der Waals surface area contributed by atoms with Crippen LogP contribution >= 0.6 is 0 Å². The van der Waals surface area contributed by atoms with E-state index in [1.54, 1.807) is 19.2 Å². The molecular formula is C22H29FN3O2+. The Morgan fingerprint density at radius 3 is 2.39 bits per heavy atom. The summed E-state index contributed by atoms with van der Waals surface area (Å²) in [4.78, 5) is 16.1. The van der Waals surface area contributed by atoms with E-state index < -0.39 is 0 Å². The summed E-state index contributed by atoms with van der Waals surface area (Å²) in [6, 6.07) is 14.5. The monoisotopic (exact) mass is 386 g/mol.